The number of methoxy groups -OCH3 is 1. The number of hydrogen-bond donors (Lipinski definition) is 1. The molecule has 0 saturated carbocycles. The lowest BCUT2D eigenvalue weighted by Gasteiger charge is -2.13. The van der Waals surface area contributed by atoms with E-state index in [1.807, 2.05) is 0 Å². The van der Waals surface area contributed by atoms with Gasteiger partial charge in [-0.05, 0) is 35.9 Å². The number of halogens is 2. The molecule has 2 aromatic rings. The second kappa shape index (κ2) is 9.35. The first kappa shape index (κ1) is 21.9. The Kier molecular flexibility index (Phi) is 6.61. The van der Waals surface area contributed by atoms with E-state index in [2.05, 4.69) is 10.3 Å². The fourth-order valence-electron chi connectivity index (χ4n) is 2.68. The van der Waals surface area contributed by atoms with Crippen molar-refractivity contribution in [2.24, 2.45) is 4.99 Å². The molecule has 31 heavy (non-hydrogen) atoms. The minimum atomic E-state index is -2.05. The number of hydrogen-bond acceptors (Lipinski definition) is 6. The van der Waals surface area contributed by atoms with Gasteiger partial charge < -0.3 is 14.8 Å². The van der Waals surface area contributed by atoms with Crippen molar-refractivity contribution in [1.82, 2.24) is 5.32 Å². The predicted molar refractivity (Wildman–Crippen MR) is 109 cm³/mol. The van der Waals surface area contributed by atoms with Crippen LogP contribution < -0.4 is 14.8 Å². The van der Waals surface area contributed by atoms with Crippen LogP contribution in [0.1, 0.15) is 11.1 Å². The zero-order chi connectivity index (χ0) is 22.5. The molecule has 1 heterocycles. The number of aliphatic imine (C=N–C) groups is 1. The van der Waals surface area contributed by atoms with E-state index in [4.69, 9.17) is 21.1 Å². The van der Waals surface area contributed by atoms with E-state index >= 15 is 0 Å². The van der Waals surface area contributed by atoms with Crippen molar-refractivity contribution in [2.75, 3.05) is 7.11 Å². The van der Waals surface area contributed by atoms with Gasteiger partial charge in [-0.1, -0.05) is 29.8 Å². The van der Waals surface area contributed by atoms with E-state index < -0.39 is 28.6 Å². The third kappa shape index (κ3) is 5.04. The highest BCUT2D eigenvalue weighted by molar-refractivity contribution is 6.31. The van der Waals surface area contributed by atoms with Gasteiger partial charge in [0, 0.05) is 10.5 Å². The zero-order valence-corrected chi connectivity index (χ0v) is 16.8. The molecule has 1 aliphatic heterocycles. The molecule has 9 nitrogen and oxygen atoms in total. The van der Waals surface area contributed by atoms with E-state index in [1.165, 1.54) is 31.4 Å². The molecular weight excluding hydrogens is 433 g/mol. The summed E-state index contributed by atoms with van der Waals surface area (Å²) in [5.41, 5.74) is 0.751. The predicted octanol–water partition coefficient (Wildman–Crippen LogP) is 2.78. The van der Waals surface area contributed by atoms with Crippen LogP contribution in [-0.4, -0.2) is 35.7 Å². The van der Waals surface area contributed by atoms with Gasteiger partial charge in [-0.2, -0.15) is 4.99 Å². The van der Waals surface area contributed by atoms with Crippen molar-refractivity contribution in [1.29, 1.82) is 0 Å². The molecule has 0 spiro atoms. The van der Waals surface area contributed by atoms with Crippen molar-refractivity contribution in [2.45, 2.75) is 12.6 Å². The minimum absolute atomic E-state index is 0.135. The summed E-state index contributed by atoms with van der Waals surface area (Å²) in [7, 11) is 1.44. The second-order valence-electron chi connectivity index (χ2n) is 6.24. The number of ether oxygens (including phenoxy) is 2. The van der Waals surface area contributed by atoms with Gasteiger partial charge in [0.1, 0.15) is 18.3 Å². The highest BCUT2D eigenvalue weighted by Gasteiger charge is 2.41. The summed E-state index contributed by atoms with van der Waals surface area (Å²) in [4.78, 5) is 36.6. The monoisotopic (exact) mass is 447 g/mol. The van der Waals surface area contributed by atoms with Crippen LogP contribution in [0.3, 0.4) is 0 Å². The van der Waals surface area contributed by atoms with E-state index in [0.29, 0.717) is 17.1 Å². The quantitative estimate of drug-likeness (QED) is 0.396. The number of nitro groups is 1. The van der Waals surface area contributed by atoms with Crippen molar-refractivity contribution in [3.05, 3.63) is 74.6 Å². The van der Waals surface area contributed by atoms with Crippen LogP contribution in [0, 0.1) is 15.9 Å². The van der Waals surface area contributed by atoms with Crippen molar-refractivity contribution in [3.8, 4) is 11.5 Å². The van der Waals surface area contributed by atoms with Crippen LogP contribution in [0.15, 0.2) is 47.5 Å². The van der Waals surface area contributed by atoms with E-state index in [1.54, 1.807) is 24.3 Å². The number of nitrogens with one attached hydrogen (secondary N) is 1. The van der Waals surface area contributed by atoms with Crippen LogP contribution in [0.25, 0.3) is 6.08 Å². The van der Waals surface area contributed by atoms with Gasteiger partial charge in [-0.3, -0.25) is 19.7 Å². The Bertz CT molecular complexity index is 1100. The lowest BCUT2D eigenvalue weighted by Crippen LogP contribution is -2.50. The van der Waals surface area contributed by atoms with Crippen LogP contribution in [0.4, 0.5) is 4.39 Å². The molecule has 2 amide bonds. The molecule has 0 bridgehead atoms. The molecule has 3 rings (SSSR count). The Balaban J connectivity index is 1.79. The molecule has 2 aromatic carbocycles. The summed E-state index contributed by atoms with van der Waals surface area (Å²) in [6.07, 6.45) is 2.81. The van der Waals surface area contributed by atoms with Gasteiger partial charge in [0.25, 0.3) is 0 Å². The molecule has 1 atom stereocenters. The standard InChI is InChI=1S/C20H15ClFN3O6/c1-30-15-7-5-11(6-8-17-23-19(26)18(25(28)29)20(27)24-17)9-16(15)31-10-12-13(21)3-2-4-14(12)22/h2-9,18H,10H2,1H3,(H,23,24,26,27)/b8-6+. The fourth-order valence-corrected chi connectivity index (χ4v) is 2.90. The van der Waals surface area contributed by atoms with Crippen molar-refractivity contribution in [3.63, 3.8) is 0 Å². The average Bonchev–Trinajstić information content (AvgIpc) is 2.71. The lowest BCUT2D eigenvalue weighted by atomic mass is 10.1. The number of carbonyl (C=O) groups is 2. The zero-order valence-electron chi connectivity index (χ0n) is 16.0. The van der Waals surface area contributed by atoms with Crippen molar-refractivity contribution >= 4 is 35.3 Å². The molecule has 160 valence electrons. The van der Waals surface area contributed by atoms with Gasteiger partial charge in [0.05, 0.1) is 12.1 Å². The molecule has 1 aliphatic rings. The molecule has 0 radical (unpaired) electrons. The lowest BCUT2D eigenvalue weighted by molar-refractivity contribution is -0.493. The first-order valence-corrected chi connectivity index (χ1v) is 9.16. The largest absolute Gasteiger partial charge is 0.493 e. The molecule has 1 N–H and O–H groups in total. The van der Waals surface area contributed by atoms with E-state index in [9.17, 15) is 24.1 Å². The van der Waals surface area contributed by atoms with Gasteiger partial charge >= 0.3 is 17.9 Å². The van der Waals surface area contributed by atoms with Gasteiger partial charge in [0.2, 0.25) is 0 Å². The Morgan fingerprint density at radius 3 is 2.68 bits per heavy atom. The third-order valence-corrected chi connectivity index (χ3v) is 4.58. The minimum Gasteiger partial charge on any atom is -0.493 e. The van der Waals surface area contributed by atoms with Gasteiger partial charge in [-0.15, -0.1) is 0 Å². The molecule has 0 fully saturated rings. The Hall–Kier alpha value is -3.79. The van der Waals surface area contributed by atoms with Crippen LogP contribution in [0.5, 0.6) is 11.5 Å². The summed E-state index contributed by atoms with van der Waals surface area (Å²) in [5, 5.41) is 13.2. The summed E-state index contributed by atoms with van der Waals surface area (Å²) in [6.45, 7) is -0.144. The Labute approximate surface area is 180 Å². The molecule has 0 saturated heterocycles. The average molecular weight is 448 g/mol. The highest BCUT2D eigenvalue weighted by atomic mass is 35.5. The first-order valence-electron chi connectivity index (χ1n) is 8.79. The smallest absolute Gasteiger partial charge is 0.368 e. The Morgan fingerprint density at radius 2 is 2.03 bits per heavy atom. The number of carbonyl (C=O) groups excluding carboxylic acids is 2. The summed E-state index contributed by atoms with van der Waals surface area (Å²) in [5.74, 6) is -2.19. The number of amides is 2. The maximum atomic E-state index is 14.0. The number of rotatable bonds is 7. The first-order chi connectivity index (χ1) is 14.8. The summed E-state index contributed by atoms with van der Waals surface area (Å²) < 4.78 is 24.9. The van der Waals surface area contributed by atoms with Crippen LogP contribution in [-0.2, 0) is 16.2 Å². The second-order valence-corrected chi connectivity index (χ2v) is 6.65. The maximum absolute atomic E-state index is 14.0. The molecule has 11 heteroatoms. The normalized spacial score (nSPS) is 16.1. The summed E-state index contributed by atoms with van der Waals surface area (Å²) >= 11 is 6.01. The third-order valence-electron chi connectivity index (χ3n) is 4.23. The van der Waals surface area contributed by atoms with Gasteiger partial charge in [-0.25, -0.2) is 4.39 Å². The van der Waals surface area contributed by atoms with Crippen LogP contribution in [0.2, 0.25) is 5.02 Å². The number of benzene rings is 2. The maximum Gasteiger partial charge on any atom is 0.368 e. The van der Waals surface area contributed by atoms with E-state index in [0.717, 1.165) is 0 Å². The van der Waals surface area contributed by atoms with E-state index in [-0.39, 0.29) is 23.0 Å². The Morgan fingerprint density at radius 1 is 1.26 bits per heavy atom. The highest BCUT2D eigenvalue weighted by Crippen LogP contribution is 2.30. The van der Waals surface area contributed by atoms with Crippen LogP contribution >= 0.6 is 11.6 Å². The molecule has 0 aromatic heterocycles. The SMILES string of the molecule is COc1ccc(/C=C/C2=NC(=O)C([N+](=O)[O-])C(=O)N2)cc1OCc1c(F)cccc1Cl. The number of amidine groups is 1. The summed E-state index contributed by atoms with van der Waals surface area (Å²) in [6, 6.07) is 7.09. The van der Waals surface area contributed by atoms with Gasteiger partial charge in [0.15, 0.2) is 11.5 Å². The topological polar surface area (TPSA) is 120 Å². The van der Waals surface area contributed by atoms with Crippen molar-refractivity contribution < 1.29 is 28.4 Å². The molecule has 1 unspecified atom stereocenters. The number of nitrogens with zero attached hydrogens (tertiary/aromatic N) is 2. The molecule has 0 aliphatic carbocycles. The fraction of sp³-hybridized carbons (Fsp3) is 0.150. The molecular formula is C20H15ClFN3O6.